The average Bonchev–Trinajstić information content (AvgIpc) is 2.78. The maximum absolute atomic E-state index is 5.55. The number of guanidine groups is 1. The molecular weight excluding hydrogens is 493 g/mol. The van der Waals surface area contributed by atoms with E-state index in [9.17, 15) is 0 Å². The molecule has 1 fully saturated rings. The number of hydrogen-bond acceptors (Lipinski definition) is 3. The van der Waals surface area contributed by atoms with Crippen molar-refractivity contribution in [2.24, 2.45) is 4.99 Å². The molecule has 0 amide bonds. The quantitative estimate of drug-likeness (QED) is 0.317. The number of nitrogens with one attached hydrogen (secondary N) is 2. The molecular formula is C23H32IN3OS. The Balaban J connectivity index is 0.00000300. The van der Waals surface area contributed by atoms with Crippen LogP contribution < -0.4 is 10.6 Å². The highest BCUT2D eigenvalue weighted by atomic mass is 127. The summed E-state index contributed by atoms with van der Waals surface area (Å²) >= 11 is 1.94. The van der Waals surface area contributed by atoms with E-state index in [-0.39, 0.29) is 34.6 Å². The third kappa shape index (κ3) is 6.89. The van der Waals surface area contributed by atoms with E-state index in [2.05, 4.69) is 82.5 Å². The van der Waals surface area contributed by atoms with Crippen LogP contribution in [0.5, 0.6) is 0 Å². The van der Waals surface area contributed by atoms with Crippen LogP contribution in [0.4, 0.5) is 0 Å². The lowest BCUT2D eigenvalue weighted by Crippen LogP contribution is -2.48. The van der Waals surface area contributed by atoms with Crippen molar-refractivity contribution in [2.75, 3.05) is 39.6 Å². The zero-order chi connectivity index (χ0) is 19.7. The lowest BCUT2D eigenvalue weighted by atomic mass is 9.91. The van der Waals surface area contributed by atoms with Crippen LogP contribution in [-0.4, -0.2) is 50.3 Å². The molecule has 0 radical (unpaired) electrons. The first-order valence-electron chi connectivity index (χ1n) is 9.94. The average molecular weight is 526 g/mol. The van der Waals surface area contributed by atoms with Gasteiger partial charge in [0.05, 0.1) is 0 Å². The topological polar surface area (TPSA) is 45.7 Å². The second-order valence-electron chi connectivity index (χ2n) is 7.18. The Morgan fingerprint density at radius 2 is 1.55 bits per heavy atom. The fraction of sp³-hybridized carbons (Fsp3) is 0.435. The van der Waals surface area contributed by atoms with E-state index < -0.39 is 0 Å². The maximum atomic E-state index is 5.55. The van der Waals surface area contributed by atoms with Crippen molar-refractivity contribution < 1.29 is 4.74 Å². The normalized spacial score (nSPS) is 16.2. The summed E-state index contributed by atoms with van der Waals surface area (Å²) in [6.45, 7) is 3.39. The first-order chi connectivity index (χ1) is 13.8. The third-order valence-electron chi connectivity index (χ3n) is 5.52. The van der Waals surface area contributed by atoms with Gasteiger partial charge in [-0.2, -0.15) is 11.8 Å². The number of hydrogen-bond donors (Lipinski definition) is 2. The summed E-state index contributed by atoms with van der Waals surface area (Å²) in [4.78, 5) is 4.45. The van der Waals surface area contributed by atoms with Crippen LogP contribution in [-0.2, 0) is 4.74 Å². The molecule has 158 valence electrons. The minimum atomic E-state index is 0. The van der Waals surface area contributed by atoms with Crippen LogP contribution in [0.15, 0.2) is 65.7 Å². The smallest absolute Gasteiger partial charge is 0.191 e. The zero-order valence-corrected chi connectivity index (χ0v) is 20.4. The second-order valence-corrected chi connectivity index (χ2v) is 8.45. The molecule has 1 aliphatic heterocycles. The Morgan fingerprint density at radius 3 is 2.03 bits per heavy atom. The molecule has 0 saturated carbocycles. The first-order valence-corrected chi connectivity index (χ1v) is 11.2. The largest absolute Gasteiger partial charge is 0.381 e. The van der Waals surface area contributed by atoms with Crippen molar-refractivity contribution in [1.82, 2.24) is 10.6 Å². The SMILES string of the molecule is CN=C(NCC(c1ccccc1)c1ccccc1)NCC1(SC)CCOCC1.I. The highest BCUT2D eigenvalue weighted by molar-refractivity contribution is 14.0. The van der Waals surface area contributed by atoms with E-state index in [0.717, 1.165) is 45.1 Å². The van der Waals surface area contributed by atoms with Crippen LogP contribution in [0.3, 0.4) is 0 Å². The van der Waals surface area contributed by atoms with Crippen LogP contribution in [0.2, 0.25) is 0 Å². The number of rotatable bonds is 7. The van der Waals surface area contributed by atoms with Crippen molar-refractivity contribution in [2.45, 2.75) is 23.5 Å². The van der Waals surface area contributed by atoms with Gasteiger partial charge in [0, 0.05) is 44.0 Å². The molecule has 0 unspecified atom stereocenters. The molecule has 0 spiro atoms. The molecule has 0 bridgehead atoms. The Kier molecular flexibility index (Phi) is 10.3. The van der Waals surface area contributed by atoms with Crippen LogP contribution in [0.1, 0.15) is 29.9 Å². The standard InChI is InChI=1S/C23H31N3OS.HI/c1-24-22(26-18-23(28-2)13-15-27-16-14-23)25-17-21(19-9-5-3-6-10-19)20-11-7-4-8-12-20;/h3-12,21H,13-18H2,1-2H3,(H2,24,25,26);1H. The van der Waals surface area contributed by atoms with Gasteiger partial charge in [-0.25, -0.2) is 0 Å². The van der Waals surface area contributed by atoms with Gasteiger partial charge in [0.2, 0.25) is 0 Å². The van der Waals surface area contributed by atoms with E-state index in [0.29, 0.717) is 0 Å². The Labute approximate surface area is 196 Å². The van der Waals surface area contributed by atoms with Crippen molar-refractivity contribution in [3.63, 3.8) is 0 Å². The van der Waals surface area contributed by atoms with Gasteiger partial charge in [-0.05, 0) is 30.2 Å². The van der Waals surface area contributed by atoms with Crippen LogP contribution in [0, 0.1) is 0 Å². The molecule has 29 heavy (non-hydrogen) atoms. The minimum absolute atomic E-state index is 0. The van der Waals surface area contributed by atoms with Gasteiger partial charge in [-0.15, -0.1) is 24.0 Å². The van der Waals surface area contributed by atoms with Crippen LogP contribution in [0.25, 0.3) is 0 Å². The summed E-state index contributed by atoms with van der Waals surface area (Å²) in [6, 6.07) is 21.3. The highest BCUT2D eigenvalue weighted by Gasteiger charge is 2.31. The minimum Gasteiger partial charge on any atom is -0.381 e. The van der Waals surface area contributed by atoms with E-state index in [1.54, 1.807) is 0 Å². The Hall–Kier alpha value is -1.25. The predicted octanol–water partition coefficient (Wildman–Crippen LogP) is 4.51. The predicted molar refractivity (Wildman–Crippen MR) is 136 cm³/mol. The number of thioether (sulfide) groups is 1. The number of nitrogens with zero attached hydrogens (tertiary/aromatic N) is 1. The van der Waals surface area contributed by atoms with E-state index in [1.807, 2.05) is 18.8 Å². The Bertz CT molecular complexity index is 697. The van der Waals surface area contributed by atoms with Crippen LogP contribution >= 0.6 is 35.7 Å². The molecule has 2 aromatic rings. The van der Waals surface area contributed by atoms with Gasteiger partial charge in [-0.1, -0.05) is 60.7 Å². The summed E-state index contributed by atoms with van der Waals surface area (Å²) in [5.74, 6) is 1.13. The van der Waals surface area contributed by atoms with Crippen molar-refractivity contribution in [1.29, 1.82) is 0 Å². The molecule has 6 heteroatoms. The van der Waals surface area contributed by atoms with E-state index in [4.69, 9.17) is 4.74 Å². The summed E-state index contributed by atoms with van der Waals surface area (Å²) in [5, 5.41) is 7.10. The molecule has 0 atom stereocenters. The Morgan fingerprint density at radius 1 is 1.00 bits per heavy atom. The number of aliphatic imine (C=N–C) groups is 1. The van der Waals surface area contributed by atoms with Crippen molar-refractivity contribution in [3.05, 3.63) is 71.8 Å². The molecule has 1 saturated heterocycles. The van der Waals surface area contributed by atoms with Gasteiger partial charge >= 0.3 is 0 Å². The monoisotopic (exact) mass is 525 g/mol. The van der Waals surface area contributed by atoms with E-state index in [1.165, 1.54) is 11.1 Å². The van der Waals surface area contributed by atoms with Gasteiger partial charge in [0.1, 0.15) is 0 Å². The second kappa shape index (κ2) is 12.4. The zero-order valence-electron chi connectivity index (χ0n) is 17.3. The van der Waals surface area contributed by atoms with E-state index >= 15 is 0 Å². The molecule has 0 aliphatic carbocycles. The fourth-order valence-electron chi connectivity index (χ4n) is 3.66. The number of halogens is 1. The van der Waals surface area contributed by atoms with Gasteiger partial charge in [0.15, 0.2) is 5.96 Å². The highest BCUT2D eigenvalue weighted by Crippen LogP contribution is 2.33. The third-order valence-corrected chi connectivity index (χ3v) is 6.93. The first kappa shape index (κ1) is 24.0. The van der Waals surface area contributed by atoms with Crippen molar-refractivity contribution >= 4 is 41.7 Å². The molecule has 3 rings (SSSR count). The molecule has 4 nitrogen and oxygen atoms in total. The summed E-state index contributed by atoms with van der Waals surface area (Å²) in [7, 11) is 1.84. The van der Waals surface area contributed by atoms with Gasteiger partial charge < -0.3 is 15.4 Å². The molecule has 2 N–H and O–H groups in total. The summed E-state index contributed by atoms with van der Waals surface area (Å²) in [5.41, 5.74) is 2.61. The molecule has 2 aromatic carbocycles. The number of ether oxygens (including phenoxy) is 1. The summed E-state index contributed by atoms with van der Waals surface area (Å²) in [6.07, 6.45) is 4.35. The maximum Gasteiger partial charge on any atom is 0.191 e. The molecule has 1 aliphatic rings. The lowest BCUT2D eigenvalue weighted by Gasteiger charge is -2.36. The van der Waals surface area contributed by atoms with Gasteiger partial charge in [0.25, 0.3) is 0 Å². The molecule has 0 aromatic heterocycles. The summed E-state index contributed by atoms with van der Waals surface area (Å²) < 4.78 is 5.78. The fourth-order valence-corrected chi connectivity index (χ4v) is 4.45. The molecule has 1 heterocycles. The lowest BCUT2D eigenvalue weighted by molar-refractivity contribution is 0.0783. The van der Waals surface area contributed by atoms with Gasteiger partial charge in [-0.3, -0.25) is 4.99 Å². The van der Waals surface area contributed by atoms with Crippen molar-refractivity contribution in [3.8, 4) is 0 Å². The number of benzene rings is 2.